The van der Waals surface area contributed by atoms with Crippen LogP contribution < -0.4 is 17.1 Å². The molecule has 54 valence electrons. The third-order valence-electron chi connectivity index (χ3n) is 0.980. The highest BCUT2D eigenvalue weighted by atomic mass is 127. The lowest BCUT2D eigenvalue weighted by Gasteiger charge is -1.99. The SMILES string of the molecule is Nc1ncc(I)c(=O)n1N. The summed E-state index contributed by atoms with van der Waals surface area (Å²) in [5.41, 5.74) is 4.89. The van der Waals surface area contributed by atoms with Gasteiger partial charge in [-0.3, -0.25) is 4.79 Å². The monoisotopic (exact) mass is 252 g/mol. The maximum atomic E-state index is 10.9. The van der Waals surface area contributed by atoms with Crippen LogP contribution in [0.4, 0.5) is 5.95 Å². The van der Waals surface area contributed by atoms with Crippen molar-refractivity contribution in [3.05, 3.63) is 20.1 Å². The van der Waals surface area contributed by atoms with E-state index < -0.39 is 0 Å². The van der Waals surface area contributed by atoms with E-state index in [4.69, 9.17) is 11.6 Å². The zero-order valence-corrected chi connectivity index (χ0v) is 7.07. The fourth-order valence-corrected chi connectivity index (χ4v) is 0.858. The zero-order valence-electron chi connectivity index (χ0n) is 4.91. The molecule has 10 heavy (non-hydrogen) atoms. The van der Waals surface area contributed by atoms with Gasteiger partial charge < -0.3 is 11.6 Å². The summed E-state index contributed by atoms with van der Waals surface area (Å²) in [6.07, 6.45) is 1.38. The second-order valence-electron chi connectivity index (χ2n) is 1.64. The van der Waals surface area contributed by atoms with Crippen molar-refractivity contribution >= 4 is 28.5 Å². The highest BCUT2D eigenvalue weighted by Gasteiger charge is 2.00. The van der Waals surface area contributed by atoms with Crippen LogP contribution in [0.25, 0.3) is 0 Å². The molecule has 0 aliphatic carbocycles. The van der Waals surface area contributed by atoms with Gasteiger partial charge in [-0.05, 0) is 22.6 Å². The summed E-state index contributed by atoms with van der Waals surface area (Å²) in [5.74, 6) is 5.21. The molecule has 4 N–H and O–H groups in total. The first-order chi connectivity index (χ1) is 4.63. The fourth-order valence-electron chi connectivity index (χ4n) is 0.459. The van der Waals surface area contributed by atoms with Gasteiger partial charge in [-0.1, -0.05) is 0 Å². The molecule has 0 amide bonds. The van der Waals surface area contributed by atoms with Crippen molar-refractivity contribution in [2.75, 3.05) is 11.6 Å². The van der Waals surface area contributed by atoms with Crippen LogP contribution in [-0.4, -0.2) is 9.66 Å². The molecule has 1 heterocycles. The summed E-state index contributed by atoms with van der Waals surface area (Å²) in [6.45, 7) is 0. The van der Waals surface area contributed by atoms with Crippen LogP contribution in [0.2, 0.25) is 0 Å². The highest BCUT2D eigenvalue weighted by Crippen LogP contribution is 1.94. The molecule has 0 radical (unpaired) electrons. The maximum Gasteiger partial charge on any atom is 0.286 e. The number of nitrogens with zero attached hydrogens (tertiary/aromatic N) is 2. The van der Waals surface area contributed by atoms with Crippen LogP contribution in [0.5, 0.6) is 0 Å². The Bertz CT molecular complexity index is 307. The van der Waals surface area contributed by atoms with Crippen LogP contribution in [0.1, 0.15) is 0 Å². The molecular weight excluding hydrogens is 247 g/mol. The molecule has 0 saturated heterocycles. The Balaban J connectivity index is 3.50. The summed E-state index contributed by atoms with van der Waals surface area (Å²) in [7, 11) is 0. The van der Waals surface area contributed by atoms with Crippen molar-refractivity contribution in [1.82, 2.24) is 9.66 Å². The van der Waals surface area contributed by atoms with Crippen molar-refractivity contribution in [3.8, 4) is 0 Å². The Morgan fingerprint density at radius 3 is 2.80 bits per heavy atom. The normalized spacial score (nSPS) is 9.70. The summed E-state index contributed by atoms with van der Waals surface area (Å²) >= 11 is 1.84. The summed E-state index contributed by atoms with van der Waals surface area (Å²) in [6, 6.07) is 0. The van der Waals surface area contributed by atoms with E-state index in [0.29, 0.717) is 3.57 Å². The zero-order chi connectivity index (χ0) is 7.72. The van der Waals surface area contributed by atoms with Crippen LogP contribution in [0, 0.1) is 3.57 Å². The minimum atomic E-state index is -0.326. The van der Waals surface area contributed by atoms with Gasteiger partial charge in [-0.15, -0.1) is 0 Å². The molecule has 0 aliphatic rings. The quantitative estimate of drug-likeness (QED) is 0.464. The van der Waals surface area contributed by atoms with E-state index >= 15 is 0 Å². The molecule has 0 atom stereocenters. The molecule has 0 bridgehead atoms. The van der Waals surface area contributed by atoms with Gasteiger partial charge in [0, 0.05) is 6.20 Å². The molecule has 0 saturated carbocycles. The molecule has 1 aromatic heterocycles. The van der Waals surface area contributed by atoms with Gasteiger partial charge in [-0.2, -0.15) is 4.68 Å². The molecule has 1 rings (SSSR count). The van der Waals surface area contributed by atoms with Gasteiger partial charge in [0.15, 0.2) is 0 Å². The summed E-state index contributed by atoms with van der Waals surface area (Å²) in [5, 5.41) is 0. The lowest BCUT2D eigenvalue weighted by molar-refractivity contribution is 0.899. The standard InChI is InChI=1S/C4H5IN4O/c5-2-1-8-4(6)9(7)3(2)10/h1H,7H2,(H2,6,8). The van der Waals surface area contributed by atoms with Crippen LogP contribution in [-0.2, 0) is 0 Å². The number of halogens is 1. The van der Waals surface area contributed by atoms with Gasteiger partial charge in [-0.25, -0.2) is 4.98 Å². The maximum absolute atomic E-state index is 10.9. The second kappa shape index (κ2) is 2.45. The molecule has 0 fully saturated rings. The molecule has 5 nitrogen and oxygen atoms in total. The van der Waals surface area contributed by atoms with Crippen molar-refractivity contribution < 1.29 is 0 Å². The van der Waals surface area contributed by atoms with Crippen molar-refractivity contribution in [1.29, 1.82) is 0 Å². The van der Waals surface area contributed by atoms with Gasteiger partial charge >= 0.3 is 0 Å². The summed E-state index contributed by atoms with van der Waals surface area (Å²) in [4.78, 5) is 14.5. The number of hydrogen-bond donors (Lipinski definition) is 2. The van der Waals surface area contributed by atoms with Gasteiger partial charge in [0.05, 0.1) is 3.57 Å². The lowest BCUT2D eigenvalue weighted by Crippen LogP contribution is -2.31. The minimum Gasteiger partial charge on any atom is -0.368 e. The number of hydrogen-bond acceptors (Lipinski definition) is 4. The smallest absolute Gasteiger partial charge is 0.286 e. The molecule has 0 aromatic carbocycles. The highest BCUT2D eigenvalue weighted by molar-refractivity contribution is 14.1. The molecule has 0 aliphatic heterocycles. The van der Waals surface area contributed by atoms with E-state index in [9.17, 15) is 4.79 Å². The molecular formula is C4H5IN4O. The fraction of sp³-hybridized carbons (Fsp3) is 0. The number of anilines is 1. The molecule has 0 unspecified atom stereocenters. The van der Waals surface area contributed by atoms with E-state index in [0.717, 1.165) is 4.68 Å². The van der Waals surface area contributed by atoms with Crippen LogP contribution in [0.15, 0.2) is 11.0 Å². The first-order valence-electron chi connectivity index (χ1n) is 2.41. The first kappa shape index (κ1) is 7.32. The summed E-state index contributed by atoms with van der Waals surface area (Å²) < 4.78 is 1.26. The molecule has 0 spiro atoms. The number of aromatic nitrogens is 2. The van der Waals surface area contributed by atoms with Crippen molar-refractivity contribution in [3.63, 3.8) is 0 Å². The second-order valence-corrected chi connectivity index (χ2v) is 2.80. The third kappa shape index (κ3) is 1.06. The number of nitrogen functional groups attached to an aromatic ring is 2. The van der Waals surface area contributed by atoms with Crippen molar-refractivity contribution in [2.45, 2.75) is 0 Å². The number of rotatable bonds is 0. The van der Waals surface area contributed by atoms with E-state index in [1.54, 1.807) is 0 Å². The van der Waals surface area contributed by atoms with Gasteiger partial charge in [0.25, 0.3) is 5.56 Å². The average molecular weight is 252 g/mol. The van der Waals surface area contributed by atoms with E-state index in [2.05, 4.69) is 4.98 Å². The van der Waals surface area contributed by atoms with Crippen molar-refractivity contribution in [2.24, 2.45) is 0 Å². The Labute approximate surface area is 70.2 Å². The minimum absolute atomic E-state index is 0.0189. The predicted molar refractivity (Wildman–Crippen MR) is 45.8 cm³/mol. The van der Waals surface area contributed by atoms with E-state index in [1.807, 2.05) is 22.6 Å². The third-order valence-corrected chi connectivity index (χ3v) is 1.72. The Hall–Kier alpha value is -0.790. The topological polar surface area (TPSA) is 86.9 Å². The Morgan fingerprint density at radius 1 is 1.70 bits per heavy atom. The molecule has 6 heteroatoms. The largest absolute Gasteiger partial charge is 0.368 e. The van der Waals surface area contributed by atoms with Gasteiger partial charge in [0.1, 0.15) is 0 Å². The molecule has 1 aromatic rings. The predicted octanol–water partition coefficient (Wildman–Crippen LogP) is -0.856. The Kier molecular flexibility index (Phi) is 1.79. The average Bonchev–Trinajstić information content (AvgIpc) is 1.93. The lowest BCUT2D eigenvalue weighted by atomic mass is 10.6. The van der Waals surface area contributed by atoms with E-state index in [1.165, 1.54) is 6.20 Å². The van der Waals surface area contributed by atoms with Crippen LogP contribution in [0.3, 0.4) is 0 Å². The first-order valence-corrected chi connectivity index (χ1v) is 3.49. The van der Waals surface area contributed by atoms with Gasteiger partial charge in [0.2, 0.25) is 5.95 Å². The Morgan fingerprint density at radius 2 is 2.30 bits per heavy atom. The van der Waals surface area contributed by atoms with E-state index in [-0.39, 0.29) is 11.5 Å². The van der Waals surface area contributed by atoms with Crippen LogP contribution >= 0.6 is 22.6 Å². The number of nitrogens with two attached hydrogens (primary N) is 2.